The van der Waals surface area contributed by atoms with E-state index >= 15 is 0 Å². The predicted molar refractivity (Wildman–Crippen MR) is 131 cm³/mol. The number of fused-ring (bicyclic) bond motifs is 3. The van der Waals surface area contributed by atoms with Crippen molar-refractivity contribution in [3.63, 3.8) is 0 Å². The highest BCUT2D eigenvalue weighted by Gasteiger charge is 2.33. The molecule has 2 aromatic heterocycles. The van der Waals surface area contributed by atoms with Gasteiger partial charge in [0.1, 0.15) is 5.52 Å². The summed E-state index contributed by atoms with van der Waals surface area (Å²) in [4.78, 5) is 19.6. The topological polar surface area (TPSA) is 63.8 Å². The zero-order valence-corrected chi connectivity index (χ0v) is 20.2. The van der Waals surface area contributed by atoms with Crippen molar-refractivity contribution < 1.29 is 13.2 Å². The highest BCUT2D eigenvalue weighted by molar-refractivity contribution is 7.99. The predicted octanol–water partition coefficient (Wildman–Crippen LogP) is 6.28. The van der Waals surface area contributed by atoms with Crippen molar-refractivity contribution in [1.29, 1.82) is 0 Å². The van der Waals surface area contributed by atoms with Gasteiger partial charge in [0.25, 0.3) is 0 Å². The molecule has 0 radical (unpaired) electrons. The smallest absolute Gasteiger partial charge is 0.341 e. The van der Waals surface area contributed by atoms with Gasteiger partial charge >= 0.3 is 6.18 Å². The van der Waals surface area contributed by atoms with Crippen LogP contribution in [0.4, 0.5) is 24.5 Å². The maximum absolute atomic E-state index is 13.1. The quantitative estimate of drug-likeness (QED) is 0.319. The zero-order valence-electron chi connectivity index (χ0n) is 18.6. The summed E-state index contributed by atoms with van der Waals surface area (Å²) in [5.41, 5.74) is 2.57. The highest BCUT2D eigenvalue weighted by Crippen LogP contribution is 2.49. The standard InChI is InChI=1S/C18H19F3N2S.C5H4N4S/c1-22(2)10-5-11-23-14-6-3-4-7-16(14)24-17-9-8-13(12-15(17)23)18(19,20)21;10-5-3-4(7-1-6-3)8-2-9-5/h3-4,6-9,12H,5,10-11H2,1-2H3;1-2H,(H2,6,7,8,9,10). The molecule has 0 saturated carbocycles. The maximum Gasteiger partial charge on any atom is 0.416 e. The van der Waals surface area contributed by atoms with Crippen molar-refractivity contribution >= 4 is 46.5 Å². The fourth-order valence-electron chi connectivity index (χ4n) is 3.57. The lowest BCUT2D eigenvalue weighted by Crippen LogP contribution is -2.25. The molecule has 0 amide bonds. The Bertz CT molecular complexity index is 1330. The van der Waals surface area contributed by atoms with Crippen LogP contribution < -0.4 is 4.90 Å². The Hall–Kier alpha value is -2.89. The molecule has 0 atom stereocenters. The average molecular weight is 505 g/mol. The molecule has 0 spiro atoms. The first-order valence-electron chi connectivity index (χ1n) is 10.5. The van der Waals surface area contributed by atoms with Gasteiger partial charge in [-0.25, -0.2) is 9.97 Å². The van der Waals surface area contributed by atoms with Crippen molar-refractivity contribution in [2.24, 2.45) is 0 Å². The van der Waals surface area contributed by atoms with Crippen molar-refractivity contribution in [3.05, 3.63) is 65.3 Å². The number of para-hydroxylation sites is 1. The molecule has 2 aromatic carbocycles. The minimum atomic E-state index is -4.33. The van der Waals surface area contributed by atoms with Gasteiger partial charge in [-0.2, -0.15) is 13.2 Å². The van der Waals surface area contributed by atoms with Gasteiger partial charge in [-0.05, 0) is 57.4 Å². The van der Waals surface area contributed by atoms with Crippen LogP contribution in [0.3, 0.4) is 0 Å². The number of hydrogen-bond donors (Lipinski definition) is 2. The van der Waals surface area contributed by atoms with Gasteiger partial charge in [-0.15, -0.1) is 0 Å². The number of anilines is 2. The molecule has 5 rings (SSSR count). The van der Waals surface area contributed by atoms with Crippen LogP contribution in [0.2, 0.25) is 0 Å². The van der Waals surface area contributed by atoms with Gasteiger partial charge in [0, 0.05) is 16.3 Å². The van der Waals surface area contributed by atoms with Gasteiger partial charge in [-0.1, -0.05) is 36.1 Å². The van der Waals surface area contributed by atoms with Gasteiger partial charge in [0.2, 0.25) is 0 Å². The summed E-state index contributed by atoms with van der Waals surface area (Å²) in [6.45, 7) is 1.57. The lowest BCUT2D eigenvalue weighted by molar-refractivity contribution is -0.137. The van der Waals surface area contributed by atoms with E-state index in [-0.39, 0.29) is 0 Å². The van der Waals surface area contributed by atoms with Crippen LogP contribution in [0.5, 0.6) is 0 Å². The molecule has 178 valence electrons. The van der Waals surface area contributed by atoms with E-state index in [4.69, 9.17) is 12.2 Å². The van der Waals surface area contributed by atoms with Crippen LogP contribution in [0.15, 0.2) is 64.9 Å². The summed E-state index contributed by atoms with van der Waals surface area (Å²) < 4.78 is 39.9. The summed E-state index contributed by atoms with van der Waals surface area (Å²) >= 11 is 6.43. The molecular formula is C23H23F3N6S2. The number of nitrogens with zero attached hydrogens (tertiary/aromatic N) is 4. The van der Waals surface area contributed by atoms with Crippen LogP contribution in [0.1, 0.15) is 12.0 Å². The average Bonchev–Trinajstić information content (AvgIpc) is 3.28. The fourth-order valence-corrected chi connectivity index (χ4v) is 4.86. The summed E-state index contributed by atoms with van der Waals surface area (Å²) in [5.74, 6) is 0. The van der Waals surface area contributed by atoms with Crippen molar-refractivity contribution in [3.8, 4) is 0 Å². The third-order valence-corrected chi connectivity index (χ3v) is 6.62. The number of benzene rings is 2. The van der Waals surface area contributed by atoms with E-state index in [0.29, 0.717) is 16.9 Å². The molecule has 0 fully saturated rings. The number of aromatic nitrogens is 4. The monoisotopic (exact) mass is 504 g/mol. The van der Waals surface area contributed by atoms with E-state index in [1.165, 1.54) is 24.2 Å². The molecule has 0 unspecified atom stereocenters. The largest absolute Gasteiger partial charge is 0.416 e. The summed E-state index contributed by atoms with van der Waals surface area (Å²) in [6, 6.07) is 11.9. The van der Waals surface area contributed by atoms with Crippen molar-refractivity contribution in [2.75, 3.05) is 32.1 Å². The van der Waals surface area contributed by atoms with Gasteiger partial charge < -0.3 is 19.8 Å². The number of H-pyrrole nitrogens is 2. The molecule has 1 aliphatic heterocycles. The molecule has 3 heterocycles. The van der Waals surface area contributed by atoms with E-state index < -0.39 is 11.7 Å². The van der Waals surface area contributed by atoms with Gasteiger partial charge in [0.05, 0.1) is 29.6 Å². The first-order valence-corrected chi connectivity index (χ1v) is 11.7. The molecule has 4 aromatic rings. The zero-order chi connectivity index (χ0) is 24.3. The SMILES string of the molecule is CN(C)CCCN1c2ccccc2Sc2ccc(C(F)(F)F)cc21.S=c1nc[nH]c2nc[nH]c12. The highest BCUT2D eigenvalue weighted by atomic mass is 32.2. The second-order valence-corrected chi connectivity index (χ2v) is 9.36. The van der Waals surface area contributed by atoms with E-state index in [1.807, 2.05) is 43.3 Å². The molecular weight excluding hydrogens is 481 g/mol. The lowest BCUT2D eigenvalue weighted by Gasteiger charge is -2.33. The van der Waals surface area contributed by atoms with E-state index in [0.717, 1.165) is 45.7 Å². The van der Waals surface area contributed by atoms with Crippen LogP contribution >= 0.6 is 24.0 Å². The Morgan fingerprint density at radius 2 is 1.74 bits per heavy atom. The van der Waals surface area contributed by atoms with E-state index in [9.17, 15) is 13.2 Å². The summed E-state index contributed by atoms with van der Waals surface area (Å²) in [6.07, 6.45) is -0.336. The third-order valence-electron chi connectivity index (χ3n) is 5.18. The molecule has 0 aliphatic carbocycles. The Balaban J connectivity index is 0.000000226. The van der Waals surface area contributed by atoms with Gasteiger partial charge in [-0.3, -0.25) is 0 Å². The third kappa shape index (κ3) is 5.43. The Morgan fingerprint density at radius 1 is 1.00 bits per heavy atom. The number of halogens is 3. The van der Waals surface area contributed by atoms with Crippen LogP contribution in [0.25, 0.3) is 11.2 Å². The molecule has 1 aliphatic rings. The first kappa shape index (κ1) is 24.2. The minimum Gasteiger partial charge on any atom is -0.341 e. The van der Waals surface area contributed by atoms with Crippen molar-refractivity contribution in [1.82, 2.24) is 24.8 Å². The lowest BCUT2D eigenvalue weighted by atomic mass is 10.1. The van der Waals surface area contributed by atoms with Crippen molar-refractivity contribution in [2.45, 2.75) is 22.4 Å². The Kier molecular flexibility index (Phi) is 7.24. The van der Waals surface area contributed by atoms with Crippen LogP contribution in [0, 0.1) is 4.64 Å². The molecule has 34 heavy (non-hydrogen) atoms. The summed E-state index contributed by atoms with van der Waals surface area (Å²) in [7, 11) is 3.99. The Labute approximate surface area is 204 Å². The van der Waals surface area contributed by atoms with E-state index in [2.05, 4.69) is 24.8 Å². The molecule has 0 saturated heterocycles. The number of nitrogens with one attached hydrogen (secondary N) is 2. The van der Waals surface area contributed by atoms with Gasteiger partial charge in [0.15, 0.2) is 10.3 Å². The van der Waals surface area contributed by atoms with Crippen LogP contribution in [-0.2, 0) is 6.18 Å². The number of rotatable bonds is 4. The molecule has 11 heteroatoms. The number of alkyl halides is 3. The molecule has 6 nitrogen and oxygen atoms in total. The van der Waals surface area contributed by atoms with E-state index in [1.54, 1.807) is 12.4 Å². The normalized spacial score (nSPS) is 12.8. The number of imidazole rings is 1. The Morgan fingerprint density at radius 3 is 2.47 bits per heavy atom. The maximum atomic E-state index is 13.1. The molecule has 0 bridgehead atoms. The second-order valence-electron chi connectivity index (χ2n) is 7.89. The number of aromatic amines is 2. The fraction of sp³-hybridized carbons (Fsp3) is 0.261. The minimum absolute atomic E-state index is 0.547. The number of hydrogen-bond acceptors (Lipinski definition) is 6. The molecule has 2 N–H and O–H groups in total. The summed E-state index contributed by atoms with van der Waals surface area (Å²) in [5, 5.41) is 0. The second kappa shape index (κ2) is 10.2. The van der Waals surface area contributed by atoms with Crippen LogP contribution in [-0.4, -0.2) is 52.0 Å². The first-order chi connectivity index (χ1) is 16.2.